The molecule has 0 saturated heterocycles. The van der Waals surface area contributed by atoms with Crippen molar-refractivity contribution in [1.29, 1.82) is 0 Å². The maximum Gasteiger partial charge on any atom is 0.433 e. The quantitative estimate of drug-likeness (QED) is 0.860. The van der Waals surface area contributed by atoms with Crippen LogP contribution >= 0.6 is 0 Å². The predicted molar refractivity (Wildman–Crippen MR) is 65.5 cm³/mol. The zero-order valence-electron chi connectivity index (χ0n) is 10.3. The van der Waals surface area contributed by atoms with E-state index in [1.807, 2.05) is 6.07 Å². The number of halogens is 3. The first-order chi connectivity index (χ1) is 8.98. The van der Waals surface area contributed by atoms with Gasteiger partial charge in [0.1, 0.15) is 0 Å². The molecule has 3 rings (SSSR count). The Bertz CT molecular complexity index is 629. The van der Waals surface area contributed by atoms with Gasteiger partial charge in [0, 0.05) is 17.8 Å². The van der Waals surface area contributed by atoms with E-state index in [4.69, 9.17) is 0 Å². The Labute approximate surface area is 108 Å². The van der Waals surface area contributed by atoms with Crippen LogP contribution in [-0.2, 0) is 12.6 Å². The summed E-state index contributed by atoms with van der Waals surface area (Å²) in [5.74, 6) is 0. The zero-order chi connectivity index (χ0) is 13.6. The van der Waals surface area contributed by atoms with Crippen LogP contribution in [-0.4, -0.2) is 16.3 Å². The number of aryl methyl sites for hydroxylation is 1. The highest BCUT2D eigenvalue weighted by atomic mass is 19.4. The lowest BCUT2D eigenvalue weighted by Crippen LogP contribution is -2.15. The minimum Gasteiger partial charge on any atom is -0.384 e. The van der Waals surface area contributed by atoms with Crippen LogP contribution in [0.3, 0.4) is 0 Å². The van der Waals surface area contributed by atoms with Gasteiger partial charge in [0.25, 0.3) is 0 Å². The molecule has 0 spiro atoms. The van der Waals surface area contributed by atoms with Crippen LogP contribution in [0.15, 0.2) is 24.4 Å². The molecule has 1 N–H and O–H groups in total. The first-order valence-corrected chi connectivity index (χ1v) is 5.96. The Morgan fingerprint density at radius 1 is 1.32 bits per heavy atom. The minimum atomic E-state index is -4.41. The highest BCUT2D eigenvalue weighted by molar-refractivity contribution is 5.63. The van der Waals surface area contributed by atoms with Gasteiger partial charge in [-0.2, -0.15) is 18.3 Å². The molecule has 19 heavy (non-hydrogen) atoms. The van der Waals surface area contributed by atoms with Gasteiger partial charge in [0.2, 0.25) is 0 Å². The molecular weight excluding hydrogens is 255 g/mol. The van der Waals surface area contributed by atoms with Crippen LogP contribution in [0.1, 0.15) is 16.8 Å². The molecular formula is C13H12F3N3. The molecule has 0 amide bonds. The summed E-state index contributed by atoms with van der Waals surface area (Å²) in [6.07, 6.45) is -2.44. The fourth-order valence-corrected chi connectivity index (χ4v) is 2.48. The number of aromatic nitrogens is 2. The third-order valence-electron chi connectivity index (χ3n) is 3.29. The van der Waals surface area contributed by atoms with E-state index in [0.717, 1.165) is 22.5 Å². The van der Waals surface area contributed by atoms with E-state index >= 15 is 0 Å². The summed E-state index contributed by atoms with van der Waals surface area (Å²) in [5, 5.41) is 7.05. The van der Waals surface area contributed by atoms with Gasteiger partial charge in [-0.1, -0.05) is 6.07 Å². The van der Waals surface area contributed by atoms with Gasteiger partial charge < -0.3 is 5.32 Å². The van der Waals surface area contributed by atoms with Crippen molar-refractivity contribution in [3.05, 3.63) is 41.2 Å². The predicted octanol–water partition coefficient (Wildman–Crippen LogP) is 3.17. The molecule has 0 aliphatic carbocycles. The first-order valence-electron chi connectivity index (χ1n) is 5.96. The second-order valence-corrected chi connectivity index (χ2v) is 4.57. The summed E-state index contributed by atoms with van der Waals surface area (Å²) in [7, 11) is 0. The number of hydrogen-bond acceptors (Lipinski definition) is 2. The SMILES string of the molecule is Cc1cnn(-c2cccc3c2CCN3)c1C(F)(F)F. The smallest absolute Gasteiger partial charge is 0.384 e. The Kier molecular flexibility index (Phi) is 2.55. The van der Waals surface area contributed by atoms with Gasteiger partial charge in [0.05, 0.1) is 11.9 Å². The molecule has 0 unspecified atom stereocenters. The van der Waals surface area contributed by atoms with Crippen molar-refractivity contribution in [2.45, 2.75) is 19.5 Å². The largest absolute Gasteiger partial charge is 0.433 e. The van der Waals surface area contributed by atoms with Gasteiger partial charge in [-0.15, -0.1) is 0 Å². The fourth-order valence-electron chi connectivity index (χ4n) is 2.48. The minimum absolute atomic E-state index is 0.135. The lowest BCUT2D eigenvalue weighted by Gasteiger charge is -2.14. The number of benzene rings is 1. The lowest BCUT2D eigenvalue weighted by molar-refractivity contribution is -0.143. The molecule has 6 heteroatoms. The number of nitrogens with one attached hydrogen (secondary N) is 1. The van der Waals surface area contributed by atoms with Crippen LogP contribution < -0.4 is 5.32 Å². The Hall–Kier alpha value is -1.98. The average molecular weight is 267 g/mol. The molecule has 1 aliphatic heterocycles. The van der Waals surface area contributed by atoms with Gasteiger partial charge >= 0.3 is 6.18 Å². The summed E-state index contributed by atoms with van der Waals surface area (Å²) in [5.41, 5.74) is 1.71. The zero-order valence-corrected chi connectivity index (χ0v) is 10.3. The van der Waals surface area contributed by atoms with E-state index in [2.05, 4.69) is 10.4 Å². The van der Waals surface area contributed by atoms with E-state index in [1.54, 1.807) is 12.1 Å². The molecule has 2 heterocycles. The van der Waals surface area contributed by atoms with E-state index in [1.165, 1.54) is 13.1 Å². The molecule has 0 bridgehead atoms. The maximum absolute atomic E-state index is 13.1. The summed E-state index contributed by atoms with van der Waals surface area (Å²) in [6.45, 7) is 2.17. The summed E-state index contributed by atoms with van der Waals surface area (Å²) < 4.78 is 40.3. The lowest BCUT2D eigenvalue weighted by atomic mass is 10.1. The third-order valence-corrected chi connectivity index (χ3v) is 3.29. The fraction of sp³-hybridized carbons (Fsp3) is 0.308. The van der Waals surface area contributed by atoms with Crippen LogP contribution in [0, 0.1) is 6.92 Å². The molecule has 100 valence electrons. The molecule has 0 fully saturated rings. The van der Waals surface area contributed by atoms with Gasteiger partial charge in [-0.05, 0) is 31.0 Å². The number of nitrogens with zero attached hydrogens (tertiary/aromatic N) is 2. The van der Waals surface area contributed by atoms with E-state index < -0.39 is 11.9 Å². The van der Waals surface area contributed by atoms with Crippen LogP contribution in [0.4, 0.5) is 18.9 Å². The Morgan fingerprint density at radius 2 is 2.11 bits per heavy atom. The van der Waals surface area contributed by atoms with Crippen molar-refractivity contribution >= 4 is 5.69 Å². The molecule has 0 radical (unpaired) electrons. The summed E-state index contributed by atoms with van der Waals surface area (Å²) >= 11 is 0. The van der Waals surface area contributed by atoms with Crippen molar-refractivity contribution in [1.82, 2.24) is 9.78 Å². The van der Waals surface area contributed by atoms with E-state index in [-0.39, 0.29) is 5.56 Å². The van der Waals surface area contributed by atoms with Gasteiger partial charge in [-0.25, -0.2) is 4.68 Å². The number of alkyl halides is 3. The normalized spacial score (nSPS) is 14.3. The topological polar surface area (TPSA) is 29.9 Å². The second-order valence-electron chi connectivity index (χ2n) is 4.57. The monoisotopic (exact) mass is 267 g/mol. The van der Waals surface area contributed by atoms with Crippen molar-refractivity contribution in [2.75, 3.05) is 11.9 Å². The molecule has 1 aromatic carbocycles. The van der Waals surface area contributed by atoms with Crippen LogP contribution in [0.2, 0.25) is 0 Å². The van der Waals surface area contributed by atoms with E-state index in [0.29, 0.717) is 12.1 Å². The Balaban J connectivity index is 2.22. The highest BCUT2D eigenvalue weighted by Crippen LogP contribution is 2.35. The molecule has 0 saturated carbocycles. The van der Waals surface area contributed by atoms with Crippen molar-refractivity contribution < 1.29 is 13.2 Å². The highest BCUT2D eigenvalue weighted by Gasteiger charge is 2.38. The number of rotatable bonds is 1. The van der Waals surface area contributed by atoms with Crippen molar-refractivity contribution in [3.8, 4) is 5.69 Å². The summed E-state index contributed by atoms with van der Waals surface area (Å²) in [6, 6.07) is 5.28. The van der Waals surface area contributed by atoms with Crippen LogP contribution in [0.5, 0.6) is 0 Å². The molecule has 0 atom stereocenters. The number of fused-ring (bicyclic) bond motifs is 1. The third kappa shape index (κ3) is 1.87. The average Bonchev–Trinajstić information content (AvgIpc) is 2.93. The number of anilines is 1. The maximum atomic E-state index is 13.1. The number of hydrogen-bond donors (Lipinski definition) is 1. The van der Waals surface area contributed by atoms with Gasteiger partial charge in [-0.3, -0.25) is 0 Å². The standard InChI is InChI=1S/C13H12F3N3/c1-8-7-18-19(12(8)13(14,15)16)11-4-2-3-10-9(11)5-6-17-10/h2-4,7,17H,5-6H2,1H3. The van der Waals surface area contributed by atoms with E-state index in [9.17, 15) is 13.2 Å². The van der Waals surface area contributed by atoms with Crippen LogP contribution in [0.25, 0.3) is 5.69 Å². The van der Waals surface area contributed by atoms with Gasteiger partial charge in [0.15, 0.2) is 5.69 Å². The molecule has 1 aliphatic rings. The first kappa shape index (κ1) is 12.1. The summed E-state index contributed by atoms with van der Waals surface area (Å²) in [4.78, 5) is 0. The van der Waals surface area contributed by atoms with Crippen molar-refractivity contribution in [2.24, 2.45) is 0 Å². The molecule has 3 nitrogen and oxygen atoms in total. The molecule has 2 aromatic rings. The second kappa shape index (κ2) is 4.01. The molecule has 1 aromatic heterocycles. The van der Waals surface area contributed by atoms with Crippen molar-refractivity contribution in [3.63, 3.8) is 0 Å². The Morgan fingerprint density at radius 3 is 2.84 bits per heavy atom.